The summed E-state index contributed by atoms with van der Waals surface area (Å²) in [5, 5.41) is 7.78. The van der Waals surface area contributed by atoms with Crippen LogP contribution in [0.2, 0.25) is 5.02 Å². The molecule has 1 atom stereocenters. The molecule has 1 amide bonds. The summed E-state index contributed by atoms with van der Waals surface area (Å²) in [6.45, 7) is 0.534. The highest BCUT2D eigenvalue weighted by atomic mass is 35.5. The van der Waals surface area contributed by atoms with Crippen molar-refractivity contribution in [1.29, 1.82) is 0 Å². The molecule has 0 radical (unpaired) electrons. The Balaban J connectivity index is 1.75. The molecule has 1 fully saturated rings. The molecule has 2 heterocycles. The van der Waals surface area contributed by atoms with E-state index >= 15 is 0 Å². The summed E-state index contributed by atoms with van der Waals surface area (Å²) in [6.07, 6.45) is 0.660. The van der Waals surface area contributed by atoms with Crippen LogP contribution >= 0.6 is 34.7 Å². The predicted octanol–water partition coefficient (Wildman–Crippen LogP) is 2.81. The number of hydrogen-bond donors (Lipinski definition) is 1. The van der Waals surface area contributed by atoms with Gasteiger partial charge in [0.05, 0.1) is 10.3 Å². The lowest BCUT2D eigenvalue weighted by Gasteiger charge is -2.16. The lowest BCUT2D eigenvalue weighted by atomic mass is 10.3. The van der Waals surface area contributed by atoms with Gasteiger partial charge in [-0.15, -0.1) is 10.2 Å². The first kappa shape index (κ1) is 14.6. The van der Waals surface area contributed by atoms with Crippen molar-refractivity contribution in [3.8, 4) is 0 Å². The van der Waals surface area contributed by atoms with Crippen LogP contribution in [-0.2, 0) is 4.79 Å². The largest absolute Gasteiger partial charge is 0.374 e. The number of aromatic nitrogens is 2. The third-order valence-corrected chi connectivity index (χ3v) is 5.43. The van der Waals surface area contributed by atoms with Crippen LogP contribution in [0.15, 0.2) is 22.5 Å². The molecule has 1 saturated heterocycles. The first-order valence-electron chi connectivity index (χ1n) is 6.06. The standard InChI is InChI=1S/C12H10ClFN4OS2/c13-7-2-1-6(5-8(7)14)18-4-3-9(10(18)19)20-12-17-16-11(15)21-12/h1-2,5,9H,3-4H2,(H2,15,16). The van der Waals surface area contributed by atoms with E-state index in [1.54, 1.807) is 11.0 Å². The molecule has 0 spiro atoms. The Labute approximate surface area is 133 Å². The number of carbonyl (C=O) groups is 1. The molecule has 2 aromatic rings. The van der Waals surface area contributed by atoms with Crippen LogP contribution < -0.4 is 10.6 Å². The third-order valence-electron chi connectivity index (χ3n) is 3.04. The van der Waals surface area contributed by atoms with Crippen LogP contribution in [0, 0.1) is 5.82 Å². The molecule has 0 aliphatic carbocycles. The molecule has 21 heavy (non-hydrogen) atoms. The van der Waals surface area contributed by atoms with E-state index in [-0.39, 0.29) is 16.2 Å². The number of anilines is 2. The lowest BCUT2D eigenvalue weighted by Crippen LogP contribution is -2.28. The number of nitrogens with two attached hydrogens (primary N) is 1. The highest BCUT2D eigenvalue weighted by molar-refractivity contribution is 8.02. The van der Waals surface area contributed by atoms with Crippen molar-refractivity contribution in [2.45, 2.75) is 16.0 Å². The number of benzene rings is 1. The second-order valence-corrected chi connectivity index (χ2v) is 7.26. The number of thioether (sulfide) groups is 1. The van der Waals surface area contributed by atoms with Gasteiger partial charge < -0.3 is 10.6 Å². The van der Waals surface area contributed by atoms with Crippen molar-refractivity contribution >= 4 is 51.4 Å². The molecule has 3 rings (SSSR count). The molecule has 0 bridgehead atoms. The Kier molecular flexibility index (Phi) is 4.01. The Bertz CT molecular complexity index is 696. The topological polar surface area (TPSA) is 72.1 Å². The van der Waals surface area contributed by atoms with E-state index < -0.39 is 5.82 Å². The number of rotatable bonds is 3. The molecule has 0 saturated carbocycles. The molecule has 1 unspecified atom stereocenters. The Hall–Kier alpha value is -1.38. The zero-order valence-corrected chi connectivity index (χ0v) is 13.0. The number of carbonyl (C=O) groups excluding carboxylic acids is 1. The molecule has 9 heteroatoms. The molecule has 1 aromatic heterocycles. The zero-order valence-electron chi connectivity index (χ0n) is 10.6. The van der Waals surface area contributed by atoms with Gasteiger partial charge in [0.25, 0.3) is 0 Å². The van der Waals surface area contributed by atoms with Crippen molar-refractivity contribution in [2.24, 2.45) is 0 Å². The number of halogens is 2. The van der Waals surface area contributed by atoms with Crippen molar-refractivity contribution in [3.05, 3.63) is 29.0 Å². The highest BCUT2D eigenvalue weighted by Crippen LogP contribution is 2.35. The van der Waals surface area contributed by atoms with Crippen molar-refractivity contribution in [1.82, 2.24) is 10.2 Å². The maximum Gasteiger partial charge on any atom is 0.240 e. The summed E-state index contributed by atoms with van der Waals surface area (Å²) >= 11 is 8.24. The minimum absolute atomic E-state index is 0.0423. The first-order chi connectivity index (χ1) is 10.0. The van der Waals surface area contributed by atoms with Gasteiger partial charge in [0.2, 0.25) is 11.0 Å². The molecule has 1 aliphatic heterocycles. The minimum atomic E-state index is -0.532. The van der Waals surface area contributed by atoms with Gasteiger partial charge in [-0.25, -0.2) is 4.39 Å². The highest BCUT2D eigenvalue weighted by Gasteiger charge is 2.34. The van der Waals surface area contributed by atoms with Crippen molar-refractivity contribution < 1.29 is 9.18 Å². The first-order valence-corrected chi connectivity index (χ1v) is 8.14. The van der Waals surface area contributed by atoms with Crippen LogP contribution in [0.5, 0.6) is 0 Å². The van der Waals surface area contributed by atoms with Crippen LogP contribution in [0.1, 0.15) is 6.42 Å². The van der Waals surface area contributed by atoms with Crippen LogP contribution in [0.3, 0.4) is 0 Å². The van der Waals surface area contributed by atoms with E-state index in [0.29, 0.717) is 28.1 Å². The Morgan fingerprint density at radius 1 is 1.48 bits per heavy atom. The second kappa shape index (κ2) is 5.78. The Morgan fingerprint density at radius 2 is 2.29 bits per heavy atom. The van der Waals surface area contributed by atoms with E-state index in [1.807, 2.05) is 0 Å². The van der Waals surface area contributed by atoms with E-state index in [9.17, 15) is 9.18 Å². The van der Waals surface area contributed by atoms with Gasteiger partial charge >= 0.3 is 0 Å². The summed E-state index contributed by atoms with van der Waals surface area (Å²) in [7, 11) is 0. The number of hydrogen-bond acceptors (Lipinski definition) is 6. The summed E-state index contributed by atoms with van der Waals surface area (Å²) in [6, 6.07) is 4.36. The smallest absolute Gasteiger partial charge is 0.240 e. The van der Waals surface area contributed by atoms with Crippen LogP contribution in [0.4, 0.5) is 15.2 Å². The van der Waals surface area contributed by atoms with Gasteiger partial charge in [0.1, 0.15) is 5.82 Å². The van der Waals surface area contributed by atoms with E-state index in [2.05, 4.69) is 10.2 Å². The van der Waals surface area contributed by atoms with Crippen molar-refractivity contribution in [2.75, 3.05) is 17.2 Å². The lowest BCUT2D eigenvalue weighted by molar-refractivity contribution is -0.116. The van der Waals surface area contributed by atoms with E-state index in [4.69, 9.17) is 17.3 Å². The predicted molar refractivity (Wildman–Crippen MR) is 82.3 cm³/mol. The summed E-state index contributed by atoms with van der Waals surface area (Å²) in [4.78, 5) is 13.9. The van der Waals surface area contributed by atoms with Crippen LogP contribution in [0.25, 0.3) is 0 Å². The summed E-state index contributed by atoms with van der Waals surface area (Å²) in [5.74, 6) is -0.606. The monoisotopic (exact) mass is 344 g/mol. The van der Waals surface area contributed by atoms with E-state index in [0.717, 1.165) is 0 Å². The van der Waals surface area contributed by atoms with Gasteiger partial charge in [-0.2, -0.15) is 0 Å². The fraction of sp³-hybridized carbons (Fsp3) is 0.250. The maximum atomic E-state index is 13.5. The molecule has 5 nitrogen and oxygen atoms in total. The summed E-state index contributed by atoms with van der Waals surface area (Å²) in [5.41, 5.74) is 6.03. The fourth-order valence-electron chi connectivity index (χ4n) is 2.06. The zero-order chi connectivity index (χ0) is 15.0. The third kappa shape index (κ3) is 2.97. The average Bonchev–Trinajstić information content (AvgIpc) is 3.01. The molecule has 2 N–H and O–H groups in total. The van der Waals surface area contributed by atoms with Gasteiger partial charge in [-0.1, -0.05) is 34.7 Å². The second-order valence-electron chi connectivity index (χ2n) is 4.39. The van der Waals surface area contributed by atoms with Gasteiger partial charge in [-0.05, 0) is 24.6 Å². The normalized spacial score (nSPS) is 18.5. The SMILES string of the molecule is Nc1nnc(SC2CCN(c3ccc(Cl)c(F)c3)C2=O)s1. The number of nitrogen functional groups attached to an aromatic ring is 1. The molecule has 1 aromatic carbocycles. The van der Waals surface area contributed by atoms with E-state index in [1.165, 1.54) is 35.2 Å². The fourth-order valence-corrected chi connectivity index (χ4v) is 4.10. The summed E-state index contributed by atoms with van der Waals surface area (Å²) < 4.78 is 14.2. The molecular weight excluding hydrogens is 335 g/mol. The van der Waals surface area contributed by atoms with Gasteiger partial charge in [0, 0.05) is 12.2 Å². The van der Waals surface area contributed by atoms with Gasteiger partial charge in [-0.3, -0.25) is 4.79 Å². The number of nitrogens with zero attached hydrogens (tertiary/aromatic N) is 3. The maximum absolute atomic E-state index is 13.5. The molecule has 110 valence electrons. The van der Waals surface area contributed by atoms with Crippen LogP contribution in [-0.4, -0.2) is 27.9 Å². The molecule has 1 aliphatic rings. The van der Waals surface area contributed by atoms with Crippen molar-refractivity contribution in [3.63, 3.8) is 0 Å². The van der Waals surface area contributed by atoms with Gasteiger partial charge in [0.15, 0.2) is 4.34 Å². The quantitative estimate of drug-likeness (QED) is 0.927. The average molecular weight is 345 g/mol. The Morgan fingerprint density at radius 3 is 2.95 bits per heavy atom. The number of amides is 1. The molecular formula is C12H10ClFN4OS2. The minimum Gasteiger partial charge on any atom is -0.374 e.